The van der Waals surface area contributed by atoms with Gasteiger partial charge in [0.1, 0.15) is 5.75 Å². The molecule has 4 nitrogen and oxygen atoms in total. The Morgan fingerprint density at radius 2 is 1.61 bits per heavy atom. The average Bonchev–Trinajstić information content (AvgIpc) is 2.78. The third-order valence-electron chi connectivity index (χ3n) is 5.74. The van der Waals surface area contributed by atoms with E-state index in [1.54, 1.807) is 6.08 Å². The molecule has 0 amide bonds. The molecular weight excluding hydrogens is 406 g/mol. The second-order valence-electron chi connectivity index (χ2n) is 7.83. The maximum Gasteiger partial charge on any atom is 0.181 e. The largest absolute Gasteiger partial charge is 0.508 e. The number of hydrogen-bond donors (Lipinski definition) is 1. The van der Waals surface area contributed by atoms with Crippen LogP contribution in [0.15, 0.2) is 90.0 Å². The molecule has 0 fully saturated rings. The molecule has 160 valence electrons. The highest BCUT2D eigenvalue weighted by Gasteiger charge is 2.29. The van der Waals surface area contributed by atoms with Gasteiger partial charge in [-0.3, -0.25) is 0 Å². The van der Waals surface area contributed by atoms with Crippen molar-refractivity contribution in [1.82, 2.24) is 0 Å². The Morgan fingerprint density at radius 3 is 2.35 bits per heavy atom. The SMILES string of the molecule is CCCCC1c2ccccc2-c2ccccc2N1C=CCS(=O)(=O)c1ccc(O)cc1. The van der Waals surface area contributed by atoms with E-state index in [0.717, 1.165) is 30.5 Å². The van der Waals surface area contributed by atoms with Crippen molar-refractivity contribution in [3.05, 3.63) is 90.6 Å². The zero-order valence-electron chi connectivity index (χ0n) is 17.6. The van der Waals surface area contributed by atoms with E-state index in [1.807, 2.05) is 18.3 Å². The topological polar surface area (TPSA) is 57.6 Å². The number of sulfone groups is 1. The van der Waals surface area contributed by atoms with E-state index in [4.69, 9.17) is 0 Å². The first-order valence-corrected chi connectivity index (χ1v) is 12.3. The molecule has 4 rings (SSSR count). The van der Waals surface area contributed by atoms with Crippen molar-refractivity contribution in [1.29, 1.82) is 0 Å². The van der Waals surface area contributed by atoms with Crippen LogP contribution in [0.5, 0.6) is 5.75 Å². The quantitative estimate of drug-likeness (QED) is 0.489. The number of rotatable bonds is 7. The number of nitrogens with zero attached hydrogens (tertiary/aromatic N) is 1. The van der Waals surface area contributed by atoms with Gasteiger partial charge in [0.25, 0.3) is 0 Å². The van der Waals surface area contributed by atoms with Crippen molar-refractivity contribution in [3.8, 4) is 16.9 Å². The molecule has 0 aromatic heterocycles. The second kappa shape index (κ2) is 8.98. The Kier molecular flexibility index (Phi) is 6.14. The Balaban J connectivity index is 1.67. The molecule has 3 aromatic rings. The summed E-state index contributed by atoms with van der Waals surface area (Å²) in [6.07, 6.45) is 6.85. The van der Waals surface area contributed by atoms with E-state index in [0.29, 0.717) is 0 Å². The third-order valence-corrected chi connectivity index (χ3v) is 7.36. The summed E-state index contributed by atoms with van der Waals surface area (Å²) < 4.78 is 25.5. The van der Waals surface area contributed by atoms with Crippen LogP contribution in [0.1, 0.15) is 37.8 Å². The lowest BCUT2D eigenvalue weighted by Crippen LogP contribution is -2.27. The number of benzene rings is 3. The standard InChI is InChI=1S/C26H27NO3S/c1-2-3-12-25-23-10-5-4-9-22(23)24-11-6-7-13-26(24)27(25)18-8-19-31(29,30)21-16-14-20(28)15-17-21/h4-11,13-18,25,28H,2-3,12,19H2,1H3. The van der Waals surface area contributed by atoms with E-state index in [1.165, 1.54) is 35.4 Å². The summed E-state index contributed by atoms with van der Waals surface area (Å²) in [7, 11) is -3.47. The second-order valence-corrected chi connectivity index (χ2v) is 9.86. The van der Waals surface area contributed by atoms with Crippen LogP contribution >= 0.6 is 0 Å². The van der Waals surface area contributed by atoms with Crippen LogP contribution in [0.4, 0.5) is 5.69 Å². The minimum absolute atomic E-state index is 0.0526. The summed E-state index contributed by atoms with van der Waals surface area (Å²) in [5.41, 5.74) is 4.79. The minimum Gasteiger partial charge on any atom is -0.508 e. The molecule has 0 aliphatic carbocycles. The van der Waals surface area contributed by atoms with E-state index < -0.39 is 9.84 Å². The van der Waals surface area contributed by atoms with Gasteiger partial charge in [-0.25, -0.2) is 8.42 Å². The molecule has 1 aliphatic heterocycles. The maximum absolute atomic E-state index is 12.7. The van der Waals surface area contributed by atoms with Gasteiger partial charge in [-0.15, -0.1) is 0 Å². The van der Waals surface area contributed by atoms with Crippen molar-refractivity contribution in [3.63, 3.8) is 0 Å². The maximum atomic E-state index is 12.7. The molecule has 0 saturated carbocycles. The predicted octanol–water partition coefficient (Wildman–Crippen LogP) is 6.10. The highest BCUT2D eigenvalue weighted by atomic mass is 32.2. The van der Waals surface area contributed by atoms with Crippen LogP contribution in [0.3, 0.4) is 0 Å². The summed E-state index contributed by atoms with van der Waals surface area (Å²) in [5.74, 6) is -0.0460. The van der Waals surface area contributed by atoms with E-state index in [9.17, 15) is 13.5 Å². The van der Waals surface area contributed by atoms with E-state index >= 15 is 0 Å². The number of fused-ring (bicyclic) bond motifs is 3. The zero-order valence-corrected chi connectivity index (χ0v) is 18.4. The molecule has 1 aliphatic rings. The normalized spacial score (nSPS) is 15.6. The Bertz CT molecular complexity index is 1180. The molecule has 1 N–H and O–H groups in total. The van der Waals surface area contributed by atoms with Crippen molar-refractivity contribution in [2.45, 2.75) is 37.1 Å². The highest BCUT2D eigenvalue weighted by molar-refractivity contribution is 7.91. The van der Waals surface area contributed by atoms with Gasteiger partial charge in [-0.05, 0) is 47.9 Å². The van der Waals surface area contributed by atoms with Gasteiger partial charge in [0, 0.05) is 17.5 Å². The molecule has 1 atom stereocenters. The lowest BCUT2D eigenvalue weighted by Gasteiger charge is -2.38. The number of phenols is 1. The molecule has 1 unspecified atom stereocenters. The van der Waals surface area contributed by atoms with Gasteiger partial charge >= 0.3 is 0 Å². The average molecular weight is 434 g/mol. The first-order chi connectivity index (χ1) is 15.0. The molecule has 0 saturated heterocycles. The lowest BCUT2D eigenvalue weighted by atomic mass is 9.86. The molecule has 31 heavy (non-hydrogen) atoms. The highest BCUT2D eigenvalue weighted by Crippen LogP contribution is 2.46. The van der Waals surface area contributed by atoms with Gasteiger partial charge in [0.05, 0.1) is 16.7 Å². The molecule has 0 bridgehead atoms. The Hall–Kier alpha value is -3.05. The summed E-state index contributed by atoms with van der Waals surface area (Å²) in [6.45, 7) is 2.19. The van der Waals surface area contributed by atoms with Crippen molar-refractivity contribution >= 4 is 15.5 Å². The van der Waals surface area contributed by atoms with Crippen LogP contribution in [0, 0.1) is 0 Å². The number of unbranched alkanes of at least 4 members (excludes halogenated alkanes) is 1. The molecule has 0 spiro atoms. The van der Waals surface area contributed by atoms with Gasteiger partial charge < -0.3 is 10.0 Å². The molecule has 3 aromatic carbocycles. The number of hydrogen-bond acceptors (Lipinski definition) is 4. The van der Waals surface area contributed by atoms with Crippen LogP contribution in [-0.4, -0.2) is 19.3 Å². The number of anilines is 1. The summed E-state index contributed by atoms with van der Waals surface area (Å²) in [5, 5.41) is 9.43. The molecule has 1 heterocycles. The number of para-hydroxylation sites is 1. The first-order valence-electron chi connectivity index (χ1n) is 10.7. The van der Waals surface area contributed by atoms with Crippen LogP contribution < -0.4 is 4.90 Å². The Morgan fingerprint density at radius 1 is 0.935 bits per heavy atom. The van der Waals surface area contributed by atoms with Gasteiger partial charge in [0.2, 0.25) is 0 Å². The van der Waals surface area contributed by atoms with Crippen molar-refractivity contribution < 1.29 is 13.5 Å². The third kappa shape index (κ3) is 4.37. The van der Waals surface area contributed by atoms with E-state index in [-0.39, 0.29) is 22.4 Å². The summed E-state index contributed by atoms with van der Waals surface area (Å²) >= 11 is 0. The monoisotopic (exact) mass is 433 g/mol. The summed E-state index contributed by atoms with van der Waals surface area (Å²) in [4.78, 5) is 2.43. The molecule has 5 heteroatoms. The van der Waals surface area contributed by atoms with Crippen molar-refractivity contribution in [2.75, 3.05) is 10.7 Å². The number of phenolic OH excluding ortho intramolecular Hbond substituents is 1. The minimum atomic E-state index is -3.47. The fourth-order valence-electron chi connectivity index (χ4n) is 4.19. The molecular formula is C26H27NO3S. The van der Waals surface area contributed by atoms with Crippen LogP contribution in [-0.2, 0) is 9.84 Å². The Labute approximate surface area is 184 Å². The number of aromatic hydroxyl groups is 1. The van der Waals surface area contributed by atoms with Crippen LogP contribution in [0.25, 0.3) is 11.1 Å². The summed E-state index contributed by atoms with van der Waals surface area (Å²) in [6, 6.07) is 22.6. The first kappa shape index (κ1) is 21.2. The molecule has 0 radical (unpaired) electrons. The fraction of sp³-hybridized carbons (Fsp3) is 0.231. The van der Waals surface area contributed by atoms with Crippen LogP contribution in [0.2, 0.25) is 0 Å². The van der Waals surface area contributed by atoms with Gasteiger partial charge in [-0.2, -0.15) is 0 Å². The van der Waals surface area contributed by atoms with Gasteiger partial charge in [0.15, 0.2) is 9.84 Å². The van der Waals surface area contributed by atoms with Gasteiger partial charge in [-0.1, -0.05) is 68.3 Å². The van der Waals surface area contributed by atoms with E-state index in [2.05, 4.69) is 48.2 Å². The smallest absolute Gasteiger partial charge is 0.181 e. The fourth-order valence-corrected chi connectivity index (χ4v) is 5.27. The lowest BCUT2D eigenvalue weighted by molar-refractivity contribution is 0.475. The predicted molar refractivity (Wildman–Crippen MR) is 126 cm³/mol. The zero-order chi connectivity index (χ0) is 21.8. The van der Waals surface area contributed by atoms with Crippen molar-refractivity contribution in [2.24, 2.45) is 0 Å².